The van der Waals surface area contributed by atoms with Crippen molar-refractivity contribution in [1.82, 2.24) is 14.4 Å². The lowest BCUT2D eigenvalue weighted by Crippen LogP contribution is -2.03. The molecule has 19 heavy (non-hydrogen) atoms. The first kappa shape index (κ1) is 11.4. The number of pyridine rings is 2. The highest BCUT2D eigenvalue weighted by Gasteiger charge is 2.07. The number of nitrogens with zero attached hydrogens (tertiary/aromatic N) is 3. The van der Waals surface area contributed by atoms with Gasteiger partial charge >= 0.3 is 5.97 Å². The number of hydrogen-bond acceptors (Lipinski definition) is 4. The lowest BCUT2D eigenvalue weighted by atomic mass is 10.1. The van der Waals surface area contributed by atoms with Gasteiger partial charge in [-0.1, -0.05) is 6.07 Å². The Morgan fingerprint density at radius 3 is 2.79 bits per heavy atom. The molecule has 3 rings (SSSR count). The molecule has 94 valence electrons. The Kier molecular flexibility index (Phi) is 2.72. The van der Waals surface area contributed by atoms with Crippen molar-refractivity contribution in [2.45, 2.75) is 0 Å². The van der Waals surface area contributed by atoms with E-state index < -0.39 is 5.97 Å². The molecule has 5 nitrogen and oxygen atoms in total. The minimum Gasteiger partial charge on any atom is -0.464 e. The zero-order chi connectivity index (χ0) is 13.2. The smallest absolute Gasteiger partial charge is 0.356 e. The standard InChI is InChI=1S/C14H11N3O2/c1-19-14(18)12-3-2-11(9-16-12)10-4-6-17-7-5-15-13(17)8-10/h2-9H,1H3. The number of imidazole rings is 1. The second kappa shape index (κ2) is 4.53. The lowest BCUT2D eigenvalue weighted by molar-refractivity contribution is 0.0594. The highest BCUT2D eigenvalue weighted by atomic mass is 16.5. The number of methoxy groups -OCH3 is 1. The van der Waals surface area contributed by atoms with Gasteiger partial charge in [0.05, 0.1) is 7.11 Å². The zero-order valence-electron chi connectivity index (χ0n) is 10.3. The molecule has 3 heterocycles. The van der Waals surface area contributed by atoms with Crippen molar-refractivity contribution in [1.29, 1.82) is 0 Å². The molecule has 0 aliphatic rings. The molecule has 0 amide bonds. The van der Waals surface area contributed by atoms with Crippen LogP contribution in [0.5, 0.6) is 0 Å². The summed E-state index contributed by atoms with van der Waals surface area (Å²) in [6.45, 7) is 0. The minimum absolute atomic E-state index is 0.299. The third-order valence-electron chi connectivity index (χ3n) is 2.89. The maximum absolute atomic E-state index is 11.3. The number of rotatable bonds is 2. The second-order valence-corrected chi connectivity index (χ2v) is 4.03. The molecule has 0 spiro atoms. The number of ether oxygens (including phenoxy) is 1. The summed E-state index contributed by atoms with van der Waals surface area (Å²) in [4.78, 5) is 19.6. The van der Waals surface area contributed by atoms with E-state index in [1.54, 1.807) is 18.5 Å². The Labute approximate surface area is 109 Å². The predicted molar refractivity (Wildman–Crippen MR) is 69.8 cm³/mol. The van der Waals surface area contributed by atoms with Gasteiger partial charge in [-0.15, -0.1) is 0 Å². The van der Waals surface area contributed by atoms with E-state index >= 15 is 0 Å². The summed E-state index contributed by atoms with van der Waals surface area (Å²) in [6, 6.07) is 7.43. The summed E-state index contributed by atoms with van der Waals surface area (Å²) in [5.74, 6) is -0.435. The van der Waals surface area contributed by atoms with Gasteiger partial charge in [0.15, 0.2) is 0 Å². The van der Waals surface area contributed by atoms with Crippen molar-refractivity contribution in [3.05, 3.63) is 54.7 Å². The van der Waals surface area contributed by atoms with Gasteiger partial charge in [-0.25, -0.2) is 14.8 Å². The number of carbonyl (C=O) groups is 1. The average molecular weight is 253 g/mol. The molecule has 3 aromatic rings. The quantitative estimate of drug-likeness (QED) is 0.657. The topological polar surface area (TPSA) is 56.5 Å². The van der Waals surface area contributed by atoms with E-state index in [2.05, 4.69) is 14.7 Å². The van der Waals surface area contributed by atoms with E-state index in [1.165, 1.54) is 7.11 Å². The molecule has 0 unspecified atom stereocenters. The van der Waals surface area contributed by atoms with Crippen LogP contribution in [0.25, 0.3) is 16.8 Å². The summed E-state index contributed by atoms with van der Waals surface area (Å²) < 4.78 is 6.54. The maximum atomic E-state index is 11.3. The van der Waals surface area contributed by atoms with Gasteiger partial charge in [0.2, 0.25) is 0 Å². The zero-order valence-corrected chi connectivity index (χ0v) is 10.3. The number of fused-ring (bicyclic) bond motifs is 1. The largest absolute Gasteiger partial charge is 0.464 e. The van der Waals surface area contributed by atoms with Crippen molar-refractivity contribution >= 4 is 11.6 Å². The number of hydrogen-bond donors (Lipinski definition) is 0. The van der Waals surface area contributed by atoms with Gasteiger partial charge in [-0.05, 0) is 23.8 Å². The lowest BCUT2D eigenvalue weighted by Gasteiger charge is -2.03. The van der Waals surface area contributed by atoms with E-state index in [4.69, 9.17) is 0 Å². The highest BCUT2D eigenvalue weighted by Crippen LogP contribution is 2.19. The van der Waals surface area contributed by atoms with Crippen molar-refractivity contribution < 1.29 is 9.53 Å². The van der Waals surface area contributed by atoms with Gasteiger partial charge in [0.25, 0.3) is 0 Å². The summed E-state index contributed by atoms with van der Waals surface area (Å²) in [5, 5.41) is 0. The molecule has 0 aromatic carbocycles. The van der Waals surface area contributed by atoms with Gasteiger partial charge in [0.1, 0.15) is 11.3 Å². The number of esters is 1. The van der Waals surface area contributed by atoms with E-state index in [-0.39, 0.29) is 0 Å². The third kappa shape index (κ3) is 2.06. The number of aromatic nitrogens is 3. The van der Waals surface area contributed by atoms with Crippen LogP contribution in [-0.4, -0.2) is 27.4 Å². The number of carbonyl (C=O) groups excluding carboxylic acids is 1. The molecular formula is C14H11N3O2. The molecule has 3 aromatic heterocycles. The first-order chi connectivity index (χ1) is 9.28. The van der Waals surface area contributed by atoms with E-state index in [0.29, 0.717) is 5.69 Å². The fourth-order valence-corrected chi connectivity index (χ4v) is 1.88. The Morgan fingerprint density at radius 2 is 2.05 bits per heavy atom. The van der Waals surface area contributed by atoms with Gasteiger partial charge < -0.3 is 9.14 Å². The summed E-state index contributed by atoms with van der Waals surface area (Å²) >= 11 is 0. The van der Waals surface area contributed by atoms with Crippen molar-refractivity contribution in [3.63, 3.8) is 0 Å². The summed E-state index contributed by atoms with van der Waals surface area (Å²) in [6.07, 6.45) is 7.22. The SMILES string of the molecule is COC(=O)c1ccc(-c2ccn3ccnc3c2)cn1. The molecule has 0 radical (unpaired) electrons. The van der Waals surface area contributed by atoms with Crippen LogP contribution in [0.15, 0.2) is 49.1 Å². The maximum Gasteiger partial charge on any atom is 0.356 e. The van der Waals surface area contributed by atoms with Gasteiger partial charge in [-0.2, -0.15) is 0 Å². The Bertz CT molecular complexity index is 732. The molecule has 0 fully saturated rings. The molecule has 0 atom stereocenters. The van der Waals surface area contributed by atoms with Crippen LogP contribution in [0.2, 0.25) is 0 Å². The average Bonchev–Trinajstić information content (AvgIpc) is 2.94. The second-order valence-electron chi connectivity index (χ2n) is 4.03. The van der Waals surface area contributed by atoms with Crippen molar-refractivity contribution in [2.75, 3.05) is 7.11 Å². The van der Waals surface area contributed by atoms with Crippen LogP contribution in [0.4, 0.5) is 0 Å². The molecule has 0 saturated carbocycles. The molecule has 0 bridgehead atoms. The normalized spacial score (nSPS) is 10.6. The minimum atomic E-state index is -0.435. The van der Waals surface area contributed by atoms with E-state index in [9.17, 15) is 4.79 Å². The van der Waals surface area contributed by atoms with Crippen LogP contribution in [0.1, 0.15) is 10.5 Å². The Morgan fingerprint density at radius 1 is 1.16 bits per heavy atom. The first-order valence-electron chi connectivity index (χ1n) is 5.75. The molecule has 0 aliphatic heterocycles. The van der Waals surface area contributed by atoms with Gasteiger partial charge in [-0.3, -0.25) is 0 Å². The fraction of sp³-hybridized carbons (Fsp3) is 0.0714. The molecule has 0 saturated heterocycles. The van der Waals surface area contributed by atoms with Crippen molar-refractivity contribution in [3.8, 4) is 11.1 Å². The molecular weight excluding hydrogens is 242 g/mol. The van der Waals surface area contributed by atoms with Crippen LogP contribution in [-0.2, 0) is 4.74 Å². The molecule has 0 aliphatic carbocycles. The molecule has 5 heteroatoms. The van der Waals surface area contributed by atoms with E-state index in [1.807, 2.05) is 35.0 Å². The monoisotopic (exact) mass is 253 g/mol. The van der Waals surface area contributed by atoms with E-state index in [0.717, 1.165) is 16.8 Å². The predicted octanol–water partition coefficient (Wildman–Crippen LogP) is 2.18. The molecule has 0 N–H and O–H groups in total. The van der Waals surface area contributed by atoms with Crippen LogP contribution >= 0.6 is 0 Å². The summed E-state index contributed by atoms with van der Waals surface area (Å²) in [7, 11) is 1.34. The van der Waals surface area contributed by atoms with Crippen LogP contribution < -0.4 is 0 Å². The Balaban J connectivity index is 1.99. The highest BCUT2D eigenvalue weighted by molar-refractivity contribution is 5.87. The van der Waals surface area contributed by atoms with Crippen LogP contribution in [0.3, 0.4) is 0 Å². The third-order valence-corrected chi connectivity index (χ3v) is 2.89. The van der Waals surface area contributed by atoms with Gasteiger partial charge in [0, 0.05) is 30.4 Å². The fourth-order valence-electron chi connectivity index (χ4n) is 1.88. The first-order valence-corrected chi connectivity index (χ1v) is 5.75. The summed E-state index contributed by atoms with van der Waals surface area (Å²) in [5.41, 5.74) is 3.10. The Hall–Kier alpha value is -2.69. The van der Waals surface area contributed by atoms with Crippen LogP contribution in [0, 0.1) is 0 Å². The van der Waals surface area contributed by atoms with Crippen molar-refractivity contribution in [2.24, 2.45) is 0 Å².